The Balaban J connectivity index is 2.29. The lowest BCUT2D eigenvalue weighted by atomic mass is 10.3. The van der Waals surface area contributed by atoms with E-state index in [2.05, 4.69) is 41.6 Å². The number of nitrogens with one attached hydrogen (secondary N) is 2. The third-order valence-electron chi connectivity index (χ3n) is 2.20. The van der Waals surface area contributed by atoms with Gasteiger partial charge in [0.15, 0.2) is 0 Å². The molecule has 0 atom stereocenters. The number of benzene rings is 1. The van der Waals surface area contributed by atoms with Crippen LogP contribution >= 0.6 is 15.9 Å². The molecule has 106 valence electrons. The molecule has 0 bridgehead atoms. The second-order valence-electron chi connectivity index (χ2n) is 3.59. The van der Waals surface area contributed by atoms with Crippen LogP contribution in [-0.4, -0.2) is 21.6 Å². The molecule has 20 heavy (non-hydrogen) atoms. The number of aromatic nitrogens is 3. The molecule has 0 saturated heterocycles. The van der Waals surface area contributed by atoms with Gasteiger partial charge in [-0.3, -0.25) is 5.43 Å². The summed E-state index contributed by atoms with van der Waals surface area (Å²) < 4.78 is 19.5. The molecule has 0 aliphatic rings. The van der Waals surface area contributed by atoms with Crippen molar-refractivity contribution < 1.29 is 9.13 Å². The second-order valence-corrected chi connectivity index (χ2v) is 4.51. The quantitative estimate of drug-likeness (QED) is 0.565. The maximum absolute atomic E-state index is 13.7. The highest BCUT2D eigenvalue weighted by Gasteiger charge is 2.09. The molecule has 0 spiro atoms. The number of hydrogen-bond acceptors (Lipinski definition) is 7. The standard InChI is InChI=1S/C11H12BrFN6O/c1-2-20-11-17-9(16-10(18-11)19-14)15-8-4-3-6(12)5-7(8)13/h3-5H,2,14H2,1H3,(H2,15,16,17,18,19). The molecule has 0 unspecified atom stereocenters. The minimum atomic E-state index is -0.444. The van der Waals surface area contributed by atoms with Gasteiger partial charge in [0.1, 0.15) is 5.82 Å². The van der Waals surface area contributed by atoms with Gasteiger partial charge in [0, 0.05) is 4.47 Å². The summed E-state index contributed by atoms with van der Waals surface area (Å²) >= 11 is 3.18. The average Bonchev–Trinajstić information content (AvgIpc) is 2.42. The number of hydrazine groups is 1. The smallest absolute Gasteiger partial charge is 0.323 e. The van der Waals surface area contributed by atoms with Crippen LogP contribution in [0, 0.1) is 5.82 Å². The van der Waals surface area contributed by atoms with Crippen molar-refractivity contribution in [3.63, 3.8) is 0 Å². The molecule has 0 aliphatic carbocycles. The summed E-state index contributed by atoms with van der Waals surface area (Å²) in [7, 11) is 0. The van der Waals surface area contributed by atoms with Crippen molar-refractivity contribution in [1.82, 2.24) is 15.0 Å². The maximum atomic E-state index is 13.7. The van der Waals surface area contributed by atoms with Crippen LogP contribution < -0.4 is 21.3 Å². The summed E-state index contributed by atoms with van der Waals surface area (Å²) in [6.45, 7) is 2.18. The fraction of sp³-hybridized carbons (Fsp3) is 0.182. The number of nitrogens with zero attached hydrogens (tertiary/aromatic N) is 3. The van der Waals surface area contributed by atoms with E-state index >= 15 is 0 Å². The van der Waals surface area contributed by atoms with Gasteiger partial charge in [0.2, 0.25) is 11.9 Å². The van der Waals surface area contributed by atoms with Gasteiger partial charge in [-0.05, 0) is 25.1 Å². The van der Waals surface area contributed by atoms with Crippen molar-refractivity contribution in [1.29, 1.82) is 0 Å². The highest BCUT2D eigenvalue weighted by atomic mass is 79.9. The van der Waals surface area contributed by atoms with Gasteiger partial charge in [-0.1, -0.05) is 15.9 Å². The maximum Gasteiger partial charge on any atom is 0.323 e. The molecular formula is C11H12BrFN6O. The van der Waals surface area contributed by atoms with Crippen molar-refractivity contribution in [2.75, 3.05) is 17.3 Å². The van der Waals surface area contributed by atoms with E-state index < -0.39 is 5.82 Å². The first-order valence-electron chi connectivity index (χ1n) is 5.70. The summed E-state index contributed by atoms with van der Waals surface area (Å²) in [5.74, 6) is 5.05. The van der Waals surface area contributed by atoms with Crippen molar-refractivity contribution >= 4 is 33.5 Å². The fourth-order valence-corrected chi connectivity index (χ4v) is 1.72. The van der Waals surface area contributed by atoms with Gasteiger partial charge in [0.05, 0.1) is 12.3 Å². The van der Waals surface area contributed by atoms with Gasteiger partial charge in [-0.15, -0.1) is 0 Å². The van der Waals surface area contributed by atoms with Gasteiger partial charge in [-0.2, -0.15) is 15.0 Å². The molecule has 7 nitrogen and oxygen atoms in total. The summed E-state index contributed by atoms with van der Waals surface area (Å²) in [5, 5.41) is 2.74. The Hall–Kier alpha value is -2.00. The van der Waals surface area contributed by atoms with Gasteiger partial charge >= 0.3 is 6.01 Å². The lowest BCUT2D eigenvalue weighted by molar-refractivity contribution is 0.312. The summed E-state index contributed by atoms with van der Waals surface area (Å²) in [6, 6.07) is 4.67. The zero-order valence-electron chi connectivity index (χ0n) is 10.5. The lowest BCUT2D eigenvalue weighted by Crippen LogP contribution is -2.13. The van der Waals surface area contributed by atoms with E-state index in [4.69, 9.17) is 10.6 Å². The number of nitrogens with two attached hydrogens (primary N) is 1. The van der Waals surface area contributed by atoms with Crippen molar-refractivity contribution in [2.45, 2.75) is 6.92 Å². The summed E-state index contributed by atoms with van der Waals surface area (Å²) in [5.41, 5.74) is 2.52. The van der Waals surface area contributed by atoms with E-state index in [1.165, 1.54) is 6.07 Å². The molecule has 4 N–H and O–H groups in total. The topological polar surface area (TPSA) is 98.0 Å². The van der Waals surface area contributed by atoms with Crippen LogP contribution in [0.15, 0.2) is 22.7 Å². The number of nitrogen functional groups attached to an aromatic ring is 1. The highest BCUT2D eigenvalue weighted by Crippen LogP contribution is 2.22. The summed E-state index contributed by atoms with van der Waals surface area (Å²) in [6.07, 6.45) is 0. The number of halogens is 2. The van der Waals surface area contributed by atoms with Crippen LogP contribution in [-0.2, 0) is 0 Å². The highest BCUT2D eigenvalue weighted by molar-refractivity contribution is 9.10. The van der Waals surface area contributed by atoms with Crippen molar-refractivity contribution in [3.8, 4) is 6.01 Å². The number of hydrogen-bond donors (Lipinski definition) is 3. The zero-order chi connectivity index (χ0) is 14.5. The van der Waals surface area contributed by atoms with Crippen molar-refractivity contribution in [2.24, 2.45) is 5.84 Å². The minimum absolute atomic E-state index is 0.0930. The number of rotatable bonds is 5. The molecule has 0 radical (unpaired) electrons. The molecule has 1 aromatic heterocycles. The van der Waals surface area contributed by atoms with E-state index in [0.29, 0.717) is 11.1 Å². The Morgan fingerprint density at radius 1 is 1.30 bits per heavy atom. The van der Waals surface area contributed by atoms with Gasteiger partial charge in [0.25, 0.3) is 0 Å². The van der Waals surface area contributed by atoms with Crippen LogP contribution in [0.3, 0.4) is 0 Å². The largest absolute Gasteiger partial charge is 0.464 e. The first-order chi connectivity index (χ1) is 9.62. The molecule has 0 saturated carbocycles. The SMILES string of the molecule is CCOc1nc(NN)nc(Nc2ccc(Br)cc2F)n1. The van der Waals surface area contributed by atoms with E-state index in [1.807, 2.05) is 0 Å². The third-order valence-corrected chi connectivity index (χ3v) is 2.69. The van der Waals surface area contributed by atoms with E-state index in [1.54, 1.807) is 19.1 Å². The first-order valence-corrected chi connectivity index (χ1v) is 6.49. The molecule has 0 amide bonds. The molecule has 0 fully saturated rings. The van der Waals surface area contributed by atoms with Crippen LogP contribution in [0.25, 0.3) is 0 Å². The predicted molar refractivity (Wildman–Crippen MR) is 76.2 cm³/mol. The van der Waals surface area contributed by atoms with Crippen LogP contribution in [0.5, 0.6) is 6.01 Å². The van der Waals surface area contributed by atoms with Gasteiger partial charge in [-0.25, -0.2) is 10.2 Å². The Morgan fingerprint density at radius 2 is 2.05 bits per heavy atom. The Kier molecular flexibility index (Phi) is 4.64. The van der Waals surface area contributed by atoms with Gasteiger partial charge < -0.3 is 10.1 Å². The minimum Gasteiger partial charge on any atom is -0.464 e. The molecule has 0 aliphatic heterocycles. The van der Waals surface area contributed by atoms with E-state index in [9.17, 15) is 4.39 Å². The Morgan fingerprint density at radius 3 is 2.70 bits per heavy atom. The third kappa shape index (κ3) is 3.52. The Labute approximate surface area is 122 Å². The normalized spacial score (nSPS) is 10.2. The molecule has 2 rings (SSSR count). The first kappa shape index (κ1) is 14.4. The van der Waals surface area contributed by atoms with Crippen molar-refractivity contribution in [3.05, 3.63) is 28.5 Å². The summed E-state index contributed by atoms with van der Waals surface area (Å²) in [4.78, 5) is 11.9. The molecule has 1 heterocycles. The van der Waals surface area contributed by atoms with Crippen LogP contribution in [0.2, 0.25) is 0 Å². The van der Waals surface area contributed by atoms with E-state index in [-0.39, 0.29) is 23.6 Å². The zero-order valence-corrected chi connectivity index (χ0v) is 12.1. The van der Waals surface area contributed by atoms with E-state index in [0.717, 1.165) is 0 Å². The average molecular weight is 343 g/mol. The van der Waals surface area contributed by atoms with Crippen LogP contribution in [0.1, 0.15) is 6.92 Å². The number of ether oxygens (including phenoxy) is 1. The second kappa shape index (κ2) is 6.44. The molecule has 1 aromatic carbocycles. The van der Waals surface area contributed by atoms with Crippen LogP contribution in [0.4, 0.5) is 22.0 Å². The lowest BCUT2D eigenvalue weighted by Gasteiger charge is -2.09. The molecule has 2 aromatic rings. The molecule has 9 heteroatoms. The predicted octanol–water partition coefficient (Wildman–Crippen LogP) is 2.20. The monoisotopic (exact) mass is 342 g/mol. The molecular weight excluding hydrogens is 331 g/mol. The number of anilines is 3. The fourth-order valence-electron chi connectivity index (χ4n) is 1.38. The Bertz CT molecular complexity index is 611.